The van der Waals surface area contributed by atoms with Crippen molar-refractivity contribution in [2.75, 3.05) is 6.54 Å². The first-order chi connectivity index (χ1) is 11.3. The Morgan fingerprint density at radius 3 is 2.62 bits per heavy atom. The van der Waals surface area contributed by atoms with Gasteiger partial charge in [0.2, 0.25) is 5.91 Å². The van der Waals surface area contributed by atoms with E-state index in [0.29, 0.717) is 17.4 Å². The van der Waals surface area contributed by atoms with Gasteiger partial charge in [-0.25, -0.2) is 4.79 Å². The largest absolute Gasteiger partial charge is 0.334 e. The van der Waals surface area contributed by atoms with Crippen LogP contribution < -0.4 is 11.2 Å². The molecule has 0 fully saturated rings. The summed E-state index contributed by atoms with van der Waals surface area (Å²) in [6.45, 7) is 2.87. The molecule has 0 aliphatic rings. The van der Waals surface area contributed by atoms with Crippen LogP contribution in [0.3, 0.4) is 0 Å². The SMILES string of the molecule is CCN(Cc1ccc(Cl)s1)C(=O)/C=C\c1cn(C)c(=O)n(C)c1=O. The Morgan fingerprint density at radius 1 is 1.33 bits per heavy atom. The normalized spacial score (nSPS) is 11.2. The molecule has 2 rings (SSSR count). The highest BCUT2D eigenvalue weighted by molar-refractivity contribution is 7.16. The van der Waals surface area contributed by atoms with Crippen molar-refractivity contribution in [1.82, 2.24) is 14.0 Å². The Hall–Kier alpha value is -2.12. The molecule has 2 aromatic heterocycles. The van der Waals surface area contributed by atoms with Crippen LogP contribution in [0.25, 0.3) is 6.08 Å². The molecule has 0 saturated heterocycles. The predicted molar refractivity (Wildman–Crippen MR) is 96.4 cm³/mol. The van der Waals surface area contributed by atoms with Crippen molar-refractivity contribution in [3.8, 4) is 0 Å². The van der Waals surface area contributed by atoms with E-state index in [9.17, 15) is 14.4 Å². The van der Waals surface area contributed by atoms with Crippen LogP contribution in [-0.4, -0.2) is 26.5 Å². The zero-order valence-electron chi connectivity index (χ0n) is 13.7. The van der Waals surface area contributed by atoms with Crippen LogP contribution in [-0.2, 0) is 25.4 Å². The number of nitrogens with zero attached hydrogens (tertiary/aromatic N) is 3. The first kappa shape index (κ1) is 18.2. The van der Waals surface area contributed by atoms with E-state index in [-0.39, 0.29) is 11.5 Å². The number of aryl methyl sites for hydroxylation is 1. The van der Waals surface area contributed by atoms with E-state index >= 15 is 0 Å². The quantitative estimate of drug-likeness (QED) is 0.758. The molecule has 6 nitrogen and oxygen atoms in total. The third-order valence-electron chi connectivity index (χ3n) is 3.55. The van der Waals surface area contributed by atoms with Crippen molar-refractivity contribution >= 4 is 34.9 Å². The van der Waals surface area contributed by atoms with Crippen molar-refractivity contribution < 1.29 is 4.79 Å². The third-order valence-corrected chi connectivity index (χ3v) is 4.76. The molecular weight excluding hydrogens is 350 g/mol. The van der Waals surface area contributed by atoms with Crippen molar-refractivity contribution in [1.29, 1.82) is 0 Å². The highest BCUT2D eigenvalue weighted by Crippen LogP contribution is 2.22. The second kappa shape index (κ2) is 7.63. The number of hydrogen-bond acceptors (Lipinski definition) is 4. The maximum Gasteiger partial charge on any atom is 0.330 e. The fourth-order valence-corrected chi connectivity index (χ4v) is 3.29. The Labute approximate surface area is 148 Å². The maximum absolute atomic E-state index is 12.3. The minimum atomic E-state index is -0.435. The second-order valence-corrected chi connectivity index (χ2v) is 7.03. The summed E-state index contributed by atoms with van der Waals surface area (Å²) in [4.78, 5) is 38.7. The first-order valence-corrected chi connectivity index (χ1v) is 8.50. The molecule has 2 aromatic rings. The van der Waals surface area contributed by atoms with Crippen molar-refractivity contribution in [2.45, 2.75) is 13.5 Å². The number of halogens is 1. The van der Waals surface area contributed by atoms with Gasteiger partial charge in [-0.05, 0) is 25.1 Å². The number of rotatable bonds is 5. The van der Waals surface area contributed by atoms with Gasteiger partial charge in [0.15, 0.2) is 0 Å². The van der Waals surface area contributed by atoms with E-state index in [1.165, 1.54) is 41.3 Å². The summed E-state index contributed by atoms with van der Waals surface area (Å²) in [6.07, 6.45) is 4.21. The summed E-state index contributed by atoms with van der Waals surface area (Å²) < 4.78 is 2.99. The van der Waals surface area contributed by atoms with Gasteiger partial charge in [0, 0.05) is 37.8 Å². The maximum atomic E-state index is 12.3. The lowest BCUT2D eigenvalue weighted by atomic mass is 10.2. The van der Waals surface area contributed by atoms with Gasteiger partial charge >= 0.3 is 5.69 Å². The Morgan fingerprint density at radius 2 is 2.04 bits per heavy atom. The lowest BCUT2D eigenvalue weighted by molar-refractivity contribution is -0.126. The average Bonchev–Trinajstić information content (AvgIpc) is 2.97. The van der Waals surface area contributed by atoms with Gasteiger partial charge in [-0.2, -0.15) is 0 Å². The zero-order chi connectivity index (χ0) is 17.9. The number of carbonyl (C=O) groups excluding carboxylic acids is 1. The lowest BCUT2D eigenvalue weighted by Crippen LogP contribution is -2.37. The van der Waals surface area contributed by atoms with Crippen molar-refractivity contribution in [3.63, 3.8) is 0 Å². The monoisotopic (exact) mass is 367 g/mol. The first-order valence-electron chi connectivity index (χ1n) is 7.31. The molecule has 0 aliphatic heterocycles. The number of aromatic nitrogens is 2. The van der Waals surface area contributed by atoms with Crippen LogP contribution in [0.5, 0.6) is 0 Å². The van der Waals surface area contributed by atoms with Gasteiger partial charge in [-0.3, -0.25) is 14.2 Å². The highest BCUT2D eigenvalue weighted by atomic mass is 35.5. The molecule has 0 atom stereocenters. The number of hydrogen-bond donors (Lipinski definition) is 0. The number of thiophene rings is 1. The number of amides is 1. The topological polar surface area (TPSA) is 64.3 Å². The molecule has 0 unspecified atom stereocenters. The van der Waals surface area contributed by atoms with Crippen LogP contribution in [0.15, 0.2) is 34.0 Å². The van der Waals surface area contributed by atoms with E-state index in [1.54, 1.807) is 18.0 Å². The van der Waals surface area contributed by atoms with Crippen LogP contribution in [0, 0.1) is 0 Å². The Balaban J connectivity index is 2.20. The van der Waals surface area contributed by atoms with Crippen LogP contribution in [0.2, 0.25) is 4.34 Å². The number of likely N-dealkylation sites (N-methyl/N-ethyl adjacent to an activating group) is 1. The summed E-state index contributed by atoms with van der Waals surface area (Å²) in [6, 6.07) is 3.68. The van der Waals surface area contributed by atoms with Gasteiger partial charge in [-0.15, -0.1) is 11.3 Å². The molecule has 1 amide bonds. The summed E-state index contributed by atoms with van der Waals surface area (Å²) >= 11 is 7.33. The van der Waals surface area contributed by atoms with Crippen LogP contribution >= 0.6 is 22.9 Å². The fourth-order valence-electron chi connectivity index (χ4n) is 2.19. The van der Waals surface area contributed by atoms with E-state index in [4.69, 9.17) is 11.6 Å². The molecule has 8 heteroatoms. The summed E-state index contributed by atoms with van der Waals surface area (Å²) in [7, 11) is 2.96. The molecule has 2 heterocycles. The summed E-state index contributed by atoms with van der Waals surface area (Å²) in [5, 5.41) is 0. The predicted octanol–water partition coefficient (Wildman–Crippen LogP) is 1.86. The van der Waals surface area contributed by atoms with Gasteiger partial charge < -0.3 is 9.47 Å². The molecule has 0 saturated carbocycles. The fraction of sp³-hybridized carbons (Fsp3) is 0.312. The van der Waals surface area contributed by atoms with Crippen LogP contribution in [0.1, 0.15) is 17.4 Å². The molecule has 0 aromatic carbocycles. The van der Waals surface area contributed by atoms with E-state index in [1.807, 2.05) is 13.0 Å². The minimum absolute atomic E-state index is 0.210. The van der Waals surface area contributed by atoms with Gasteiger partial charge in [0.05, 0.1) is 16.4 Å². The molecule has 0 spiro atoms. The summed E-state index contributed by atoms with van der Waals surface area (Å²) in [5.41, 5.74) is -0.563. The van der Waals surface area contributed by atoms with Gasteiger partial charge in [0.1, 0.15) is 0 Å². The molecule has 24 heavy (non-hydrogen) atoms. The van der Waals surface area contributed by atoms with Crippen molar-refractivity contribution in [2.24, 2.45) is 14.1 Å². The third kappa shape index (κ3) is 4.04. The molecule has 0 aliphatic carbocycles. The Kier molecular flexibility index (Phi) is 5.80. The van der Waals surface area contributed by atoms with E-state index < -0.39 is 11.2 Å². The second-order valence-electron chi connectivity index (χ2n) is 5.23. The van der Waals surface area contributed by atoms with Gasteiger partial charge in [0.25, 0.3) is 5.56 Å². The van der Waals surface area contributed by atoms with E-state index in [0.717, 1.165) is 9.44 Å². The zero-order valence-corrected chi connectivity index (χ0v) is 15.2. The minimum Gasteiger partial charge on any atom is -0.334 e. The lowest BCUT2D eigenvalue weighted by Gasteiger charge is -2.18. The average molecular weight is 368 g/mol. The molecule has 0 N–H and O–H groups in total. The molecule has 0 radical (unpaired) electrons. The van der Waals surface area contributed by atoms with Gasteiger partial charge in [-0.1, -0.05) is 11.6 Å². The van der Waals surface area contributed by atoms with Crippen LogP contribution in [0.4, 0.5) is 0 Å². The number of carbonyl (C=O) groups is 1. The molecule has 128 valence electrons. The highest BCUT2D eigenvalue weighted by Gasteiger charge is 2.11. The molecular formula is C16H18ClN3O3S. The standard InChI is InChI=1S/C16H18ClN3O3S/c1-4-20(10-12-6-7-13(17)24-12)14(21)8-5-11-9-18(2)16(23)19(3)15(11)22/h5-9H,4,10H2,1-3H3/b8-5-. The smallest absolute Gasteiger partial charge is 0.330 e. The van der Waals surface area contributed by atoms with Crippen molar-refractivity contribution in [3.05, 3.63) is 60.0 Å². The van der Waals surface area contributed by atoms with E-state index in [2.05, 4.69) is 0 Å². The Bertz CT molecular complexity index is 895. The summed E-state index contributed by atoms with van der Waals surface area (Å²) in [5.74, 6) is -0.210. The molecule has 0 bridgehead atoms.